The van der Waals surface area contributed by atoms with E-state index in [4.69, 9.17) is 14.6 Å². The molecule has 18 heteroatoms. The van der Waals surface area contributed by atoms with Crippen LogP contribution in [0.5, 0.6) is 0 Å². The van der Waals surface area contributed by atoms with Gasteiger partial charge < -0.3 is 35.4 Å². The number of aromatic amines is 1. The minimum atomic E-state index is -5.08. The Morgan fingerprint density at radius 2 is 1.79 bits per heavy atom. The molecule has 15 nitrogen and oxygen atoms in total. The quantitative estimate of drug-likeness (QED) is 0.129. The Kier molecular flexibility index (Phi) is 12.6. The summed E-state index contributed by atoms with van der Waals surface area (Å²) in [6.45, 7) is 0.541. The predicted octanol–water partition coefficient (Wildman–Crippen LogP) is -0.724. The number of nitrogens with zero attached hydrogens (tertiary/aromatic N) is 2. The van der Waals surface area contributed by atoms with E-state index in [9.17, 15) is 42.8 Å². The SMILES string of the molecule is C[C@@](Cc1c[nH]cn1)(NC(=O)CCNC(=O)COCCO[N+](=O)[O-])C(=O)O.O=C(O)C(F)(F)F. The first-order valence-electron chi connectivity index (χ1n) is 9.11. The molecule has 1 aromatic heterocycles. The Hall–Kier alpha value is -3.96. The topological polar surface area (TPSA) is 223 Å². The third-order valence-corrected chi connectivity index (χ3v) is 3.55. The van der Waals surface area contributed by atoms with E-state index in [2.05, 4.69) is 25.4 Å². The summed E-state index contributed by atoms with van der Waals surface area (Å²) in [5.41, 5.74) is -1.07. The first-order chi connectivity index (χ1) is 15.7. The summed E-state index contributed by atoms with van der Waals surface area (Å²) in [5, 5.41) is 30.3. The zero-order chi connectivity index (χ0) is 26.4. The largest absolute Gasteiger partial charge is 0.490 e. The van der Waals surface area contributed by atoms with E-state index in [-0.39, 0.29) is 39.2 Å². The van der Waals surface area contributed by atoms with Gasteiger partial charge in [-0.3, -0.25) is 9.59 Å². The summed E-state index contributed by atoms with van der Waals surface area (Å²) in [6, 6.07) is 0. The van der Waals surface area contributed by atoms with Gasteiger partial charge in [-0.15, -0.1) is 10.1 Å². The van der Waals surface area contributed by atoms with Gasteiger partial charge in [0.2, 0.25) is 11.8 Å². The van der Waals surface area contributed by atoms with Crippen molar-refractivity contribution in [3.8, 4) is 0 Å². The maximum atomic E-state index is 12.0. The van der Waals surface area contributed by atoms with E-state index >= 15 is 0 Å². The molecule has 1 atom stereocenters. The van der Waals surface area contributed by atoms with Crippen LogP contribution in [0.2, 0.25) is 0 Å². The summed E-state index contributed by atoms with van der Waals surface area (Å²) in [4.78, 5) is 64.4. The number of carbonyl (C=O) groups is 4. The number of carbonyl (C=O) groups excluding carboxylic acids is 2. The number of amides is 2. The van der Waals surface area contributed by atoms with Crippen molar-refractivity contribution in [2.75, 3.05) is 26.4 Å². The summed E-state index contributed by atoms with van der Waals surface area (Å²) >= 11 is 0. The van der Waals surface area contributed by atoms with E-state index in [0.717, 1.165) is 0 Å². The van der Waals surface area contributed by atoms with Crippen molar-refractivity contribution in [1.82, 2.24) is 20.6 Å². The van der Waals surface area contributed by atoms with Crippen molar-refractivity contribution in [1.29, 1.82) is 0 Å². The zero-order valence-electron chi connectivity index (χ0n) is 17.6. The number of imidazole rings is 1. The second kappa shape index (κ2) is 14.2. The van der Waals surface area contributed by atoms with Gasteiger partial charge in [0, 0.05) is 25.6 Å². The molecule has 0 radical (unpaired) electrons. The lowest BCUT2D eigenvalue weighted by Crippen LogP contribution is -2.54. The number of ether oxygens (including phenoxy) is 1. The molecule has 5 N–H and O–H groups in total. The molecule has 1 heterocycles. The third kappa shape index (κ3) is 13.5. The monoisotopic (exact) mass is 501 g/mol. The molecular formula is C16H22F3N5O10. The zero-order valence-corrected chi connectivity index (χ0v) is 17.6. The summed E-state index contributed by atoms with van der Waals surface area (Å²) < 4.78 is 36.6. The molecule has 0 saturated carbocycles. The second-order valence-electron chi connectivity index (χ2n) is 6.44. The predicted molar refractivity (Wildman–Crippen MR) is 102 cm³/mol. The van der Waals surface area contributed by atoms with E-state index < -0.39 is 40.6 Å². The van der Waals surface area contributed by atoms with Crippen molar-refractivity contribution in [2.24, 2.45) is 0 Å². The van der Waals surface area contributed by atoms with Gasteiger partial charge in [0.15, 0.2) is 0 Å². The number of rotatable bonds is 13. The lowest BCUT2D eigenvalue weighted by molar-refractivity contribution is -0.758. The number of nitrogens with one attached hydrogen (secondary N) is 3. The minimum Gasteiger partial charge on any atom is -0.480 e. The maximum Gasteiger partial charge on any atom is 0.490 e. The smallest absolute Gasteiger partial charge is 0.480 e. The Balaban J connectivity index is 0.00000135. The summed E-state index contributed by atoms with van der Waals surface area (Å²) in [7, 11) is 0. The first kappa shape index (κ1) is 30.0. The average molecular weight is 501 g/mol. The molecule has 0 bridgehead atoms. The number of halogens is 3. The van der Waals surface area contributed by atoms with Crippen LogP contribution in [0.1, 0.15) is 19.0 Å². The molecule has 0 fully saturated rings. The number of hydrogen-bond acceptors (Lipinski definition) is 9. The highest BCUT2D eigenvalue weighted by atomic mass is 19.4. The molecule has 2 amide bonds. The van der Waals surface area contributed by atoms with Gasteiger partial charge >= 0.3 is 18.1 Å². The summed E-state index contributed by atoms with van der Waals surface area (Å²) in [5.74, 6) is -5.06. The molecule has 192 valence electrons. The van der Waals surface area contributed by atoms with Crippen LogP contribution in [0.3, 0.4) is 0 Å². The van der Waals surface area contributed by atoms with Crippen molar-refractivity contribution in [2.45, 2.75) is 31.5 Å². The first-order valence-corrected chi connectivity index (χ1v) is 9.11. The summed E-state index contributed by atoms with van der Waals surface area (Å²) in [6.07, 6.45) is -2.30. The van der Waals surface area contributed by atoms with Crippen LogP contribution in [0, 0.1) is 10.1 Å². The van der Waals surface area contributed by atoms with Crippen LogP contribution in [-0.2, 0) is 35.2 Å². The Bertz CT molecular complexity index is 834. The van der Waals surface area contributed by atoms with E-state index in [1.165, 1.54) is 19.4 Å². The number of aromatic nitrogens is 2. The number of aliphatic carboxylic acids is 2. The van der Waals surface area contributed by atoms with E-state index in [1.54, 1.807) is 0 Å². The van der Waals surface area contributed by atoms with Gasteiger partial charge in [-0.05, 0) is 6.92 Å². The molecule has 34 heavy (non-hydrogen) atoms. The van der Waals surface area contributed by atoms with Crippen LogP contribution in [0.25, 0.3) is 0 Å². The highest BCUT2D eigenvalue weighted by molar-refractivity contribution is 5.87. The lowest BCUT2D eigenvalue weighted by Gasteiger charge is -2.25. The average Bonchev–Trinajstić information content (AvgIpc) is 3.19. The highest BCUT2D eigenvalue weighted by Gasteiger charge is 2.38. The normalized spacial score (nSPS) is 12.4. The number of H-pyrrole nitrogens is 1. The van der Waals surface area contributed by atoms with Crippen molar-refractivity contribution >= 4 is 23.8 Å². The number of hydrogen-bond donors (Lipinski definition) is 5. The van der Waals surface area contributed by atoms with Gasteiger partial charge in [0.1, 0.15) is 18.8 Å². The van der Waals surface area contributed by atoms with E-state index in [1.807, 2.05) is 0 Å². The number of carboxylic acids is 2. The van der Waals surface area contributed by atoms with Gasteiger partial charge in [0.25, 0.3) is 5.09 Å². The van der Waals surface area contributed by atoms with Crippen LogP contribution < -0.4 is 10.6 Å². The highest BCUT2D eigenvalue weighted by Crippen LogP contribution is 2.13. The minimum absolute atomic E-state index is 0.00993. The van der Waals surface area contributed by atoms with Gasteiger partial charge in [0.05, 0.1) is 18.6 Å². The van der Waals surface area contributed by atoms with Gasteiger partial charge in [-0.1, -0.05) is 0 Å². The fourth-order valence-corrected chi connectivity index (χ4v) is 2.00. The van der Waals surface area contributed by atoms with Crippen molar-refractivity contribution < 1.29 is 57.2 Å². The number of alkyl halides is 3. The maximum absolute atomic E-state index is 12.0. The molecule has 0 aliphatic carbocycles. The van der Waals surface area contributed by atoms with Crippen LogP contribution in [0.15, 0.2) is 12.5 Å². The fraction of sp³-hybridized carbons (Fsp3) is 0.562. The molecule has 1 rings (SSSR count). The molecule has 0 aliphatic rings. The third-order valence-electron chi connectivity index (χ3n) is 3.55. The molecule has 0 saturated heterocycles. The molecule has 0 unspecified atom stereocenters. The molecule has 0 aliphatic heterocycles. The molecule has 1 aromatic rings. The number of carboxylic acid groups (broad SMARTS) is 2. The molecule has 0 aromatic carbocycles. The second-order valence-corrected chi connectivity index (χ2v) is 6.44. The van der Waals surface area contributed by atoms with Crippen LogP contribution in [-0.4, -0.2) is 87.1 Å². The molecular weight excluding hydrogens is 479 g/mol. The van der Waals surface area contributed by atoms with Crippen molar-refractivity contribution in [3.05, 3.63) is 28.3 Å². The van der Waals surface area contributed by atoms with Gasteiger partial charge in [-0.25, -0.2) is 14.6 Å². The standard InChI is InChI=1S/C14H21N5O8.C2HF3O2/c1-14(13(22)23,6-10-7-15-9-17-10)18-11(20)2-3-16-12(21)8-26-4-5-27-19(24)25;3-2(4,5)1(6)7/h7,9H,2-6,8H2,1H3,(H,15,17)(H,16,21)(H,18,20)(H,22,23);(H,6,7)/t14-;/m0./s1. The Morgan fingerprint density at radius 3 is 2.26 bits per heavy atom. The van der Waals surface area contributed by atoms with Crippen LogP contribution in [0.4, 0.5) is 13.2 Å². The Morgan fingerprint density at radius 1 is 1.18 bits per heavy atom. The Labute approximate surface area is 188 Å². The van der Waals surface area contributed by atoms with Gasteiger partial charge in [-0.2, -0.15) is 13.2 Å². The van der Waals surface area contributed by atoms with Crippen LogP contribution >= 0.6 is 0 Å². The lowest BCUT2D eigenvalue weighted by atomic mass is 9.96. The fourth-order valence-electron chi connectivity index (χ4n) is 2.00. The van der Waals surface area contributed by atoms with E-state index in [0.29, 0.717) is 5.69 Å². The van der Waals surface area contributed by atoms with Crippen molar-refractivity contribution in [3.63, 3.8) is 0 Å². The molecule has 0 spiro atoms.